The van der Waals surface area contributed by atoms with Crippen LogP contribution in [-0.4, -0.2) is 61.5 Å². The number of aryl methyl sites for hydroxylation is 1. The highest BCUT2D eigenvalue weighted by molar-refractivity contribution is 5.96. The fourth-order valence-corrected chi connectivity index (χ4v) is 4.38. The number of nitrogens with zero attached hydrogens (tertiary/aromatic N) is 3. The molecule has 0 spiro atoms. The van der Waals surface area contributed by atoms with Gasteiger partial charge in [-0.05, 0) is 47.7 Å². The summed E-state index contributed by atoms with van der Waals surface area (Å²) >= 11 is 0. The average molecular weight is 475 g/mol. The summed E-state index contributed by atoms with van der Waals surface area (Å²) in [5.74, 6) is 1.33. The number of benzene rings is 2. The van der Waals surface area contributed by atoms with E-state index in [1.54, 1.807) is 12.0 Å². The van der Waals surface area contributed by atoms with Gasteiger partial charge in [0.1, 0.15) is 17.1 Å². The number of aromatic nitrogens is 1. The number of carbonyl (C=O) groups excluding carboxylic acids is 2. The van der Waals surface area contributed by atoms with E-state index in [2.05, 4.69) is 44.0 Å². The molecule has 2 amide bonds. The lowest BCUT2D eigenvalue weighted by atomic mass is 9.87. The molecule has 1 aliphatic heterocycles. The minimum Gasteiger partial charge on any atom is -0.494 e. The van der Waals surface area contributed by atoms with E-state index in [1.807, 2.05) is 42.5 Å². The first-order valence-corrected chi connectivity index (χ1v) is 12.0. The molecule has 4 rings (SSSR count). The number of ether oxygens (including phenoxy) is 1. The average Bonchev–Trinajstić information content (AvgIpc) is 2.86. The Balaban J connectivity index is 1.33. The second kappa shape index (κ2) is 9.94. The zero-order valence-corrected chi connectivity index (χ0v) is 21.2. The Labute approximate surface area is 207 Å². The number of hydrogen-bond donors (Lipinski definition) is 1. The van der Waals surface area contributed by atoms with Crippen molar-refractivity contribution in [2.45, 2.75) is 33.1 Å². The first-order valence-electron chi connectivity index (χ1n) is 12.0. The lowest BCUT2D eigenvalue weighted by molar-refractivity contribution is -0.130. The predicted molar refractivity (Wildman–Crippen MR) is 139 cm³/mol. The standard InChI is InChI=1S/C28H34N4O3/c1-19-17-24(30-26-22(19)7-6-8-23(26)35-5)31-13-15-32(16-14-31)25(33)18-29-27(34)20-9-11-21(12-10-20)28(2,3)4/h6-12,17H,13-16,18H2,1-5H3,(H,29,34). The van der Waals surface area contributed by atoms with Crippen molar-refractivity contribution in [2.24, 2.45) is 0 Å². The quantitative estimate of drug-likeness (QED) is 0.607. The van der Waals surface area contributed by atoms with Crippen LogP contribution in [-0.2, 0) is 10.2 Å². The summed E-state index contributed by atoms with van der Waals surface area (Å²) in [6.45, 7) is 11.0. The Morgan fingerprint density at radius 2 is 1.71 bits per heavy atom. The van der Waals surface area contributed by atoms with E-state index in [4.69, 9.17) is 9.72 Å². The van der Waals surface area contributed by atoms with Gasteiger partial charge in [0.2, 0.25) is 5.91 Å². The van der Waals surface area contributed by atoms with Gasteiger partial charge >= 0.3 is 0 Å². The van der Waals surface area contributed by atoms with Crippen LogP contribution in [0.2, 0.25) is 0 Å². The van der Waals surface area contributed by atoms with E-state index in [1.165, 1.54) is 0 Å². The maximum absolute atomic E-state index is 12.7. The molecule has 1 fully saturated rings. The van der Waals surface area contributed by atoms with Crippen LogP contribution < -0.4 is 15.0 Å². The van der Waals surface area contributed by atoms with Crippen molar-refractivity contribution in [3.8, 4) is 5.75 Å². The monoisotopic (exact) mass is 474 g/mol. The van der Waals surface area contributed by atoms with Crippen LogP contribution in [0.25, 0.3) is 10.9 Å². The van der Waals surface area contributed by atoms with Gasteiger partial charge in [-0.15, -0.1) is 0 Å². The molecule has 3 aromatic rings. The molecule has 7 heteroatoms. The summed E-state index contributed by atoms with van der Waals surface area (Å²) < 4.78 is 5.50. The molecular weight excluding hydrogens is 440 g/mol. The second-order valence-corrected chi connectivity index (χ2v) is 10.0. The number of para-hydroxylation sites is 1. The fourth-order valence-electron chi connectivity index (χ4n) is 4.38. The number of nitrogens with one attached hydrogen (secondary N) is 1. The zero-order valence-electron chi connectivity index (χ0n) is 21.2. The normalized spacial score (nSPS) is 14.2. The third-order valence-electron chi connectivity index (χ3n) is 6.59. The van der Waals surface area contributed by atoms with E-state index >= 15 is 0 Å². The van der Waals surface area contributed by atoms with Gasteiger partial charge in [-0.2, -0.15) is 0 Å². The van der Waals surface area contributed by atoms with Crippen molar-refractivity contribution < 1.29 is 14.3 Å². The summed E-state index contributed by atoms with van der Waals surface area (Å²) in [6.07, 6.45) is 0. The van der Waals surface area contributed by atoms with Crippen LogP contribution in [0, 0.1) is 6.92 Å². The topological polar surface area (TPSA) is 74.8 Å². The maximum atomic E-state index is 12.7. The summed E-state index contributed by atoms with van der Waals surface area (Å²) in [5, 5.41) is 3.84. The molecule has 1 aliphatic rings. The molecule has 1 aromatic heterocycles. The number of piperazine rings is 1. The van der Waals surface area contributed by atoms with Crippen LogP contribution >= 0.6 is 0 Å². The molecule has 184 valence electrons. The molecule has 2 heterocycles. The van der Waals surface area contributed by atoms with E-state index in [0.717, 1.165) is 33.6 Å². The van der Waals surface area contributed by atoms with E-state index in [0.29, 0.717) is 31.7 Å². The summed E-state index contributed by atoms with van der Waals surface area (Å²) in [4.78, 5) is 34.1. The molecule has 7 nitrogen and oxygen atoms in total. The van der Waals surface area contributed by atoms with Gasteiger partial charge in [-0.3, -0.25) is 9.59 Å². The molecule has 1 saturated heterocycles. The minimum atomic E-state index is -0.234. The summed E-state index contributed by atoms with van der Waals surface area (Å²) in [6, 6.07) is 15.6. The number of rotatable bonds is 5. The largest absolute Gasteiger partial charge is 0.494 e. The van der Waals surface area contributed by atoms with Crippen molar-refractivity contribution in [3.05, 3.63) is 65.2 Å². The predicted octanol–water partition coefficient (Wildman–Crippen LogP) is 3.93. The fraction of sp³-hybridized carbons (Fsp3) is 0.393. The Morgan fingerprint density at radius 3 is 2.34 bits per heavy atom. The van der Waals surface area contributed by atoms with Crippen molar-refractivity contribution in [1.82, 2.24) is 15.2 Å². The van der Waals surface area contributed by atoms with Gasteiger partial charge in [0.05, 0.1) is 13.7 Å². The van der Waals surface area contributed by atoms with Gasteiger partial charge in [-0.25, -0.2) is 4.98 Å². The highest BCUT2D eigenvalue weighted by atomic mass is 16.5. The Hall–Kier alpha value is -3.61. The first kappa shape index (κ1) is 24.5. The van der Waals surface area contributed by atoms with Gasteiger partial charge in [0.25, 0.3) is 5.91 Å². The smallest absolute Gasteiger partial charge is 0.251 e. The van der Waals surface area contributed by atoms with E-state index < -0.39 is 0 Å². The number of pyridine rings is 1. The van der Waals surface area contributed by atoms with Crippen molar-refractivity contribution in [2.75, 3.05) is 44.7 Å². The first-order chi connectivity index (χ1) is 16.7. The van der Waals surface area contributed by atoms with Crippen LogP contribution in [0.5, 0.6) is 5.75 Å². The second-order valence-electron chi connectivity index (χ2n) is 10.0. The van der Waals surface area contributed by atoms with Gasteiger partial charge < -0.3 is 19.9 Å². The zero-order chi connectivity index (χ0) is 25.2. The molecule has 0 unspecified atom stereocenters. The minimum absolute atomic E-state index is 0.00954. The Morgan fingerprint density at radius 1 is 1.03 bits per heavy atom. The van der Waals surface area contributed by atoms with Gasteiger partial charge in [0.15, 0.2) is 0 Å². The molecule has 35 heavy (non-hydrogen) atoms. The molecular formula is C28H34N4O3. The molecule has 0 aliphatic carbocycles. The third kappa shape index (κ3) is 5.39. The highest BCUT2D eigenvalue weighted by Gasteiger charge is 2.23. The number of methoxy groups -OCH3 is 1. The molecule has 0 saturated carbocycles. The van der Waals surface area contributed by atoms with Crippen LogP contribution in [0.4, 0.5) is 5.82 Å². The lowest BCUT2D eigenvalue weighted by Gasteiger charge is -2.35. The molecule has 1 N–H and O–H groups in total. The molecule has 0 bridgehead atoms. The number of anilines is 1. The molecule has 2 aromatic carbocycles. The Kier molecular flexibility index (Phi) is 6.96. The van der Waals surface area contributed by atoms with E-state index in [-0.39, 0.29) is 23.8 Å². The van der Waals surface area contributed by atoms with Crippen molar-refractivity contribution in [1.29, 1.82) is 0 Å². The van der Waals surface area contributed by atoms with E-state index in [9.17, 15) is 9.59 Å². The molecule has 0 radical (unpaired) electrons. The third-order valence-corrected chi connectivity index (χ3v) is 6.59. The Bertz CT molecular complexity index is 1220. The van der Waals surface area contributed by atoms with Crippen molar-refractivity contribution >= 4 is 28.5 Å². The number of amides is 2. The molecule has 0 atom stereocenters. The van der Waals surface area contributed by atoms with Gasteiger partial charge in [-0.1, -0.05) is 45.0 Å². The number of hydrogen-bond acceptors (Lipinski definition) is 5. The highest BCUT2D eigenvalue weighted by Crippen LogP contribution is 2.29. The number of carbonyl (C=O) groups is 2. The lowest BCUT2D eigenvalue weighted by Crippen LogP contribution is -2.51. The van der Waals surface area contributed by atoms with Crippen LogP contribution in [0.15, 0.2) is 48.5 Å². The maximum Gasteiger partial charge on any atom is 0.251 e. The summed E-state index contributed by atoms with van der Waals surface area (Å²) in [5.41, 5.74) is 3.74. The summed E-state index contributed by atoms with van der Waals surface area (Å²) in [7, 11) is 1.66. The van der Waals surface area contributed by atoms with Gasteiger partial charge in [0, 0.05) is 37.1 Å². The van der Waals surface area contributed by atoms with Crippen molar-refractivity contribution in [3.63, 3.8) is 0 Å². The van der Waals surface area contributed by atoms with Crippen LogP contribution in [0.3, 0.4) is 0 Å². The van der Waals surface area contributed by atoms with Crippen LogP contribution in [0.1, 0.15) is 42.3 Å². The SMILES string of the molecule is COc1cccc2c(C)cc(N3CCN(C(=O)CNC(=O)c4ccc(C(C)(C)C)cc4)CC3)nc12. The number of fused-ring (bicyclic) bond motifs is 1.